The molecule has 0 amide bonds. The number of nitrogens with one attached hydrogen (secondary N) is 1. The predicted molar refractivity (Wildman–Crippen MR) is 55.9 cm³/mol. The molecule has 0 heterocycles. The number of hydrogen-bond donors (Lipinski definition) is 2. The zero-order chi connectivity index (χ0) is 10.6. The molecule has 1 aromatic rings. The summed E-state index contributed by atoms with van der Waals surface area (Å²) >= 11 is 0. The Balaban J connectivity index is 2.98. The van der Waals surface area contributed by atoms with Crippen LogP contribution in [-0.4, -0.2) is 5.96 Å². The molecule has 4 heteroatoms. The van der Waals surface area contributed by atoms with Crippen LogP contribution < -0.4 is 11.1 Å². The zero-order valence-corrected chi connectivity index (χ0v) is 8.20. The molecule has 4 nitrogen and oxygen atoms in total. The molecule has 3 N–H and O–H groups in total. The maximum Gasteiger partial charge on any atom is 0.207 e. The van der Waals surface area contributed by atoms with Gasteiger partial charge < -0.3 is 5.73 Å². The third kappa shape index (κ3) is 2.49. The Morgan fingerprint density at radius 2 is 2.21 bits per heavy atom. The summed E-state index contributed by atoms with van der Waals surface area (Å²) in [5, 5.41) is 10.6. The van der Waals surface area contributed by atoms with Crippen molar-refractivity contribution in [1.82, 2.24) is 5.32 Å². The molecule has 1 aromatic carbocycles. The molecule has 0 atom stereocenters. The summed E-state index contributed by atoms with van der Waals surface area (Å²) in [5.41, 5.74) is 8.42. The molecular formula is C10H12N4. The van der Waals surface area contributed by atoms with Gasteiger partial charge in [0.15, 0.2) is 6.19 Å². The van der Waals surface area contributed by atoms with Crippen LogP contribution in [0.15, 0.2) is 23.2 Å². The highest BCUT2D eigenvalue weighted by Gasteiger charge is 1.97. The van der Waals surface area contributed by atoms with Crippen molar-refractivity contribution in [2.45, 2.75) is 13.8 Å². The third-order valence-corrected chi connectivity index (χ3v) is 1.78. The average Bonchev–Trinajstić information content (AvgIpc) is 2.10. The SMILES string of the molecule is Cc1ccc(N=C(N)NC#N)c(C)c1. The number of hydrogen-bond acceptors (Lipinski definition) is 2. The normalized spacial score (nSPS) is 10.8. The van der Waals surface area contributed by atoms with E-state index in [1.54, 1.807) is 6.19 Å². The summed E-state index contributed by atoms with van der Waals surface area (Å²) < 4.78 is 0. The highest BCUT2D eigenvalue weighted by molar-refractivity contribution is 5.82. The summed E-state index contributed by atoms with van der Waals surface area (Å²) in [6, 6.07) is 5.83. The lowest BCUT2D eigenvalue weighted by atomic mass is 10.1. The maximum atomic E-state index is 8.31. The summed E-state index contributed by atoms with van der Waals surface area (Å²) in [6.45, 7) is 3.96. The van der Waals surface area contributed by atoms with Gasteiger partial charge in [-0.05, 0) is 25.5 Å². The predicted octanol–water partition coefficient (Wildman–Crippen LogP) is 1.32. The molecule has 1 rings (SSSR count). The molecule has 0 aliphatic heterocycles. The molecule has 0 saturated heterocycles. The van der Waals surface area contributed by atoms with Gasteiger partial charge in [0, 0.05) is 0 Å². The van der Waals surface area contributed by atoms with Crippen molar-refractivity contribution in [3.8, 4) is 6.19 Å². The molecule has 0 fully saturated rings. The number of rotatable bonds is 1. The van der Waals surface area contributed by atoms with Crippen LogP contribution in [0, 0.1) is 25.3 Å². The van der Waals surface area contributed by atoms with E-state index in [9.17, 15) is 0 Å². The van der Waals surface area contributed by atoms with Crippen molar-refractivity contribution < 1.29 is 0 Å². The lowest BCUT2D eigenvalue weighted by Gasteiger charge is -2.02. The van der Waals surface area contributed by atoms with Crippen molar-refractivity contribution in [3.63, 3.8) is 0 Å². The van der Waals surface area contributed by atoms with Gasteiger partial charge in [0.05, 0.1) is 5.69 Å². The van der Waals surface area contributed by atoms with Crippen LogP contribution in [0.4, 0.5) is 5.69 Å². The third-order valence-electron chi connectivity index (χ3n) is 1.78. The van der Waals surface area contributed by atoms with Gasteiger partial charge in [-0.15, -0.1) is 0 Å². The largest absolute Gasteiger partial charge is 0.369 e. The van der Waals surface area contributed by atoms with Crippen molar-refractivity contribution in [1.29, 1.82) is 5.26 Å². The Labute approximate surface area is 83.1 Å². The summed E-state index contributed by atoms with van der Waals surface area (Å²) in [7, 11) is 0. The van der Waals surface area contributed by atoms with Gasteiger partial charge in [0.25, 0.3) is 0 Å². The van der Waals surface area contributed by atoms with Crippen molar-refractivity contribution in [2.24, 2.45) is 10.7 Å². The molecule has 0 saturated carbocycles. The molecule has 0 aliphatic carbocycles. The minimum absolute atomic E-state index is 0.111. The monoisotopic (exact) mass is 188 g/mol. The second-order valence-corrected chi connectivity index (χ2v) is 3.02. The Kier molecular flexibility index (Phi) is 3.08. The first-order valence-electron chi connectivity index (χ1n) is 4.20. The van der Waals surface area contributed by atoms with E-state index < -0.39 is 0 Å². The first-order valence-corrected chi connectivity index (χ1v) is 4.20. The number of aliphatic imine (C=N–C) groups is 1. The summed E-state index contributed by atoms with van der Waals surface area (Å²) in [5.74, 6) is 0.111. The van der Waals surface area contributed by atoms with Crippen LogP contribution in [0.1, 0.15) is 11.1 Å². The van der Waals surface area contributed by atoms with Gasteiger partial charge in [0.2, 0.25) is 5.96 Å². The lowest BCUT2D eigenvalue weighted by molar-refractivity contribution is 1.21. The van der Waals surface area contributed by atoms with E-state index >= 15 is 0 Å². The van der Waals surface area contributed by atoms with Crippen LogP contribution in [0.3, 0.4) is 0 Å². The second-order valence-electron chi connectivity index (χ2n) is 3.02. The Morgan fingerprint density at radius 1 is 1.50 bits per heavy atom. The fraction of sp³-hybridized carbons (Fsp3) is 0.200. The maximum absolute atomic E-state index is 8.31. The second kappa shape index (κ2) is 4.28. The molecule has 0 aromatic heterocycles. The fourth-order valence-corrected chi connectivity index (χ4v) is 1.15. The van der Waals surface area contributed by atoms with E-state index in [0.29, 0.717) is 0 Å². The van der Waals surface area contributed by atoms with Crippen LogP contribution in [0.2, 0.25) is 0 Å². The number of nitrogens with two attached hydrogens (primary N) is 1. The molecule has 0 aliphatic rings. The number of nitriles is 1. The Bertz CT molecular complexity index is 401. The number of aryl methyl sites for hydroxylation is 2. The van der Waals surface area contributed by atoms with Crippen LogP contribution in [0.5, 0.6) is 0 Å². The van der Waals surface area contributed by atoms with E-state index in [1.807, 2.05) is 32.0 Å². The molecular weight excluding hydrogens is 176 g/mol. The summed E-state index contributed by atoms with van der Waals surface area (Å²) in [4.78, 5) is 4.05. The van der Waals surface area contributed by atoms with E-state index in [0.717, 1.165) is 11.3 Å². The zero-order valence-electron chi connectivity index (χ0n) is 8.20. The molecule has 72 valence electrons. The van der Waals surface area contributed by atoms with Crippen LogP contribution in [0.25, 0.3) is 0 Å². The van der Waals surface area contributed by atoms with Crippen LogP contribution >= 0.6 is 0 Å². The number of nitrogens with zero attached hydrogens (tertiary/aromatic N) is 2. The molecule has 0 radical (unpaired) electrons. The van der Waals surface area contributed by atoms with Crippen LogP contribution in [-0.2, 0) is 0 Å². The van der Waals surface area contributed by atoms with Gasteiger partial charge in [-0.1, -0.05) is 17.7 Å². The first-order chi connectivity index (χ1) is 6.63. The average molecular weight is 188 g/mol. The van der Waals surface area contributed by atoms with Gasteiger partial charge in [-0.25, -0.2) is 4.99 Å². The van der Waals surface area contributed by atoms with E-state index in [4.69, 9.17) is 11.0 Å². The van der Waals surface area contributed by atoms with Gasteiger partial charge in [0.1, 0.15) is 0 Å². The number of benzene rings is 1. The Hall–Kier alpha value is -2.02. The van der Waals surface area contributed by atoms with Crippen molar-refractivity contribution in [3.05, 3.63) is 29.3 Å². The fourth-order valence-electron chi connectivity index (χ4n) is 1.15. The highest BCUT2D eigenvalue weighted by Crippen LogP contribution is 2.18. The van der Waals surface area contributed by atoms with Gasteiger partial charge in [-0.3, -0.25) is 5.32 Å². The van der Waals surface area contributed by atoms with Crippen molar-refractivity contribution >= 4 is 11.6 Å². The first kappa shape index (κ1) is 10.1. The standard InChI is InChI=1S/C10H12N4/c1-7-3-4-9(8(2)5-7)14-10(12)13-6-11/h3-5H,1-2H3,(H3,12,13,14). The quantitative estimate of drug-likeness (QED) is 0.302. The van der Waals surface area contributed by atoms with E-state index in [-0.39, 0.29) is 5.96 Å². The minimum Gasteiger partial charge on any atom is -0.369 e. The minimum atomic E-state index is 0.111. The lowest BCUT2D eigenvalue weighted by Crippen LogP contribution is -2.26. The van der Waals surface area contributed by atoms with Gasteiger partial charge >= 0.3 is 0 Å². The van der Waals surface area contributed by atoms with Crippen molar-refractivity contribution in [2.75, 3.05) is 0 Å². The molecule has 0 bridgehead atoms. The molecule has 0 unspecified atom stereocenters. The smallest absolute Gasteiger partial charge is 0.207 e. The van der Waals surface area contributed by atoms with E-state index in [2.05, 4.69) is 10.3 Å². The van der Waals surface area contributed by atoms with E-state index in [1.165, 1.54) is 5.56 Å². The molecule has 0 spiro atoms. The number of guanidine groups is 1. The molecule has 14 heavy (non-hydrogen) atoms. The Morgan fingerprint density at radius 3 is 2.79 bits per heavy atom. The highest BCUT2D eigenvalue weighted by atomic mass is 15.1. The van der Waals surface area contributed by atoms with Gasteiger partial charge in [-0.2, -0.15) is 5.26 Å². The topological polar surface area (TPSA) is 74.2 Å². The summed E-state index contributed by atoms with van der Waals surface area (Å²) in [6.07, 6.45) is 1.71.